The Labute approximate surface area is 145 Å². The maximum atomic E-state index is 12.2. The Morgan fingerprint density at radius 1 is 1.09 bits per heavy atom. The normalized spacial score (nSPS) is 21.0. The van der Waals surface area contributed by atoms with Crippen LogP contribution in [0.1, 0.15) is 31.2 Å². The van der Waals surface area contributed by atoms with Crippen LogP contribution in [0, 0.1) is 11.8 Å². The Morgan fingerprint density at radius 3 is 2.14 bits per heavy atom. The number of methoxy groups -OCH3 is 1. The molecule has 0 spiro atoms. The molecule has 0 N–H and O–H groups in total. The predicted molar refractivity (Wildman–Crippen MR) is 93.0 cm³/mol. The first-order valence-corrected chi connectivity index (χ1v) is 8.69. The molecule has 0 bridgehead atoms. The van der Waals surface area contributed by atoms with Crippen LogP contribution in [0.25, 0.3) is 0 Å². The summed E-state index contributed by atoms with van der Waals surface area (Å²) in [5.74, 6) is 0.0180. The van der Waals surface area contributed by atoms with Crippen LogP contribution in [0.5, 0.6) is 5.75 Å². The predicted octanol–water partition coefficient (Wildman–Crippen LogP) is 3.13. The molecule has 0 aromatic heterocycles. The molecule has 0 aliphatic heterocycles. The molecule has 1 aromatic rings. The van der Waals surface area contributed by atoms with Gasteiger partial charge in [0.05, 0.1) is 18.9 Å². The third-order valence-corrected chi connectivity index (χ3v) is 4.49. The standard InChI is InChI=1S/C16H19BIO4/c1-21-15(19)12-4-6-13(7-5-12)16(20)22-14-8-2-11(3-9-14)10-17-18/h2-3,8-9,12-13H,4-7,10H2,1H3. The lowest BCUT2D eigenvalue weighted by molar-refractivity contribution is -0.149. The molecule has 2 rings (SSSR count). The van der Waals surface area contributed by atoms with E-state index < -0.39 is 0 Å². The number of carbonyl (C=O) groups excluding carboxylic acids is 2. The first kappa shape index (κ1) is 17.3. The topological polar surface area (TPSA) is 52.6 Å². The summed E-state index contributed by atoms with van der Waals surface area (Å²) in [6, 6.07) is 7.58. The van der Waals surface area contributed by atoms with Gasteiger partial charge in [-0.15, -0.1) is 0 Å². The first-order chi connectivity index (χ1) is 10.6. The van der Waals surface area contributed by atoms with Gasteiger partial charge in [-0.2, -0.15) is 22.4 Å². The molecular formula is C16H19BIO4. The van der Waals surface area contributed by atoms with Crippen LogP contribution in [-0.4, -0.2) is 24.2 Å². The van der Waals surface area contributed by atoms with Crippen molar-refractivity contribution in [1.82, 2.24) is 0 Å². The number of carbonyl (C=O) groups is 2. The van der Waals surface area contributed by atoms with Crippen molar-refractivity contribution < 1.29 is 19.1 Å². The van der Waals surface area contributed by atoms with Crippen molar-refractivity contribution in [2.75, 3.05) is 7.11 Å². The fourth-order valence-corrected chi connectivity index (χ4v) is 3.22. The van der Waals surface area contributed by atoms with Crippen molar-refractivity contribution in [2.45, 2.75) is 32.0 Å². The van der Waals surface area contributed by atoms with Gasteiger partial charge in [-0.3, -0.25) is 9.59 Å². The van der Waals surface area contributed by atoms with Crippen LogP contribution in [0.15, 0.2) is 24.3 Å². The molecule has 1 aliphatic rings. The Hall–Kier alpha value is -1.05. The van der Waals surface area contributed by atoms with E-state index >= 15 is 0 Å². The number of hydrogen-bond donors (Lipinski definition) is 0. The third kappa shape index (κ3) is 4.73. The van der Waals surface area contributed by atoms with Crippen LogP contribution >= 0.6 is 22.4 Å². The minimum atomic E-state index is -0.198. The van der Waals surface area contributed by atoms with Gasteiger partial charge in [-0.1, -0.05) is 17.7 Å². The first-order valence-electron chi connectivity index (χ1n) is 7.44. The van der Waals surface area contributed by atoms with Gasteiger partial charge in [-0.05, 0) is 44.1 Å². The number of benzene rings is 1. The molecule has 0 saturated heterocycles. The Balaban J connectivity index is 1.84. The fourth-order valence-electron chi connectivity index (χ4n) is 2.71. The molecule has 1 radical (unpaired) electrons. The molecule has 1 aliphatic carbocycles. The summed E-state index contributed by atoms with van der Waals surface area (Å²) < 4.78 is 10.2. The van der Waals surface area contributed by atoms with E-state index in [1.807, 2.05) is 24.3 Å². The molecule has 0 unspecified atom stereocenters. The van der Waals surface area contributed by atoms with E-state index in [0.29, 0.717) is 31.4 Å². The summed E-state index contributed by atoms with van der Waals surface area (Å²) in [4.78, 5) is 23.7. The molecule has 117 valence electrons. The monoisotopic (exact) mass is 413 g/mol. The van der Waals surface area contributed by atoms with Crippen molar-refractivity contribution in [1.29, 1.82) is 0 Å². The number of esters is 2. The molecular weight excluding hydrogens is 394 g/mol. The number of rotatable bonds is 5. The van der Waals surface area contributed by atoms with Crippen LogP contribution in [0.3, 0.4) is 0 Å². The second kappa shape index (κ2) is 8.55. The highest BCUT2D eigenvalue weighted by molar-refractivity contribution is 14.1. The van der Waals surface area contributed by atoms with E-state index in [1.165, 1.54) is 12.7 Å². The summed E-state index contributed by atoms with van der Waals surface area (Å²) in [6.45, 7) is 0. The average Bonchev–Trinajstić information content (AvgIpc) is 2.56. The third-order valence-electron chi connectivity index (χ3n) is 4.05. The van der Waals surface area contributed by atoms with Crippen LogP contribution in [-0.2, 0) is 20.6 Å². The van der Waals surface area contributed by atoms with Crippen LogP contribution < -0.4 is 4.74 Å². The quantitative estimate of drug-likeness (QED) is 0.322. The van der Waals surface area contributed by atoms with Crippen molar-refractivity contribution in [3.05, 3.63) is 29.8 Å². The zero-order chi connectivity index (χ0) is 15.9. The highest BCUT2D eigenvalue weighted by Gasteiger charge is 2.31. The highest BCUT2D eigenvalue weighted by Crippen LogP contribution is 2.30. The number of halogens is 1. The fraction of sp³-hybridized carbons (Fsp3) is 0.500. The molecule has 22 heavy (non-hydrogen) atoms. The summed E-state index contributed by atoms with van der Waals surface area (Å²) in [7, 11) is 1.40. The minimum absolute atomic E-state index is 0.0714. The maximum absolute atomic E-state index is 12.2. The Kier molecular flexibility index (Phi) is 6.73. The van der Waals surface area contributed by atoms with Gasteiger partial charge >= 0.3 is 11.9 Å². The summed E-state index contributed by atoms with van der Waals surface area (Å²) in [6.07, 6.45) is 3.64. The summed E-state index contributed by atoms with van der Waals surface area (Å²) >= 11 is 2.21. The maximum Gasteiger partial charge on any atom is 0.314 e. The molecule has 0 amide bonds. The smallest absolute Gasteiger partial charge is 0.314 e. The van der Waals surface area contributed by atoms with E-state index in [-0.39, 0.29) is 23.8 Å². The van der Waals surface area contributed by atoms with Gasteiger partial charge in [0.15, 0.2) is 0 Å². The van der Waals surface area contributed by atoms with E-state index in [4.69, 9.17) is 9.47 Å². The van der Waals surface area contributed by atoms with E-state index in [0.717, 1.165) is 6.32 Å². The van der Waals surface area contributed by atoms with Crippen LogP contribution in [0.2, 0.25) is 0 Å². The number of ether oxygens (including phenoxy) is 2. The zero-order valence-electron chi connectivity index (χ0n) is 12.6. The van der Waals surface area contributed by atoms with Gasteiger partial charge in [0.2, 0.25) is 5.14 Å². The lowest BCUT2D eigenvalue weighted by Gasteiger charge is -2.25. The molecule has 1 saturated carbocycles. The molecule has 1 fully saturated rings. The number of hydrogen-bond acceptors (Lipinski definition) is 4. The lowest BCUT2D eigenvalue weighted by Crippen LogP contribution is -2.29. The molecule has 0 heterocycles. The summed E-state index contributed by atoms with van der Waals surface area (Å²) in [5, 5.41) is 2.05. The Bertz CT molecular complexity index is 509. The molecule has 0 atom stereocenters. The van der Waals surface area contributed by atoms with Gasteiger partial charge in [-0.25, -0.2) is 0 Å². The van der Waals surface area contributed by atoms with Crippen molar-refractivity contribution >= 4 is 39.4 Å². The van der Waals surface area contributed by atoms with E-state index in [1.54, 1.807) is 0 Å². The average molecular weight is 413 g/mol. The summed E-state index contributed by atoms with van der Waals surface area (Å²) in [5.41, 5.74) is 1.19. The molecule has 1 aromatic carbocycles. The second-order valence-corrected chi connectivity index (χ2v) is 6.38. The molecule has 6 heteroatoms. The van der Waals surface area contributed by atoms with Crippen molar-refractivity contribution in [3.8, 4) is 5.75 Å². The minimum Gasteiger partial charge on any atom is -0.469 e. The lowest BCUT2D eigenvalue weighted by atomic mass is 9.82. The van der Waals surface area contributed by atoms with Gasteiger partial charge < -0.3 is 9.47 Å². The van der Waals surface area contributed by atoms with Gasteiger partial charge in [0.1, 0.15) is 5.75 Å². The second-order valence-electron chi connectivity index (χ2n) is 5.50. The Morgan fingerprint density at radius 2 is 1.64 bits per heavy atom. The van der Waals surface area contributed by atoms with E-state index in [2.05, 4.69) is 27.5 Å². The molecule has 4 nitrogen and oxygen atoms in total. The SMILES string of the molecule is COC(=O)C1CCC(C(=O)Oc2ccc(C[B]I)cc2)CC1. The zero-order valence-corrected chi connectivity index (χ0v) is 14.7. The highest BCUT2D eigenvalue weighted by atomic mass is 127. The van der Waals surface area contributed by atoms with Crippen molar-refractivity contribution in [2.24, 2.45) is 11.8 Å². The van der Waals surface area contributed by atoms with Gasteiger partial charge in [0.25, 0.3) is 0 Å². The van der Waals surface area contributed by atoms with Crippen LogP contribution in [0.4, 0.5) is 0 Å². The van der Waals surface area contributed by atoms with Gasteiger partial charge in [0, 0.05) is 0 Å². The largest absolute Gasteiger partial charge is 0.469 e. The van der Waals surface area contributed by atoms with Crippen molar-refractivity contribution in [3.63, 3.8) is 0 Å². The van der Waals surface area contributed by atoms with E-state index in [9.17, 15) is 9.59 Å².